The molecule has 0 spiro atoms. The molecule has 102 valence electrons. The molecule has 1 N–H and O–H groups in total. The van der Waals surface area contributed by atoms with Crippen molar-refractivity contribution in [3.63, 3.8) is 0 Å². The number of carboxylic acids is 1. The van der Waals surface area contributed by atoms with Gasteiger partial charge in [0.05, 0.1) is 22.9 Å². The molecule has 1 aromatic heterocycles. The molecule has 0 saturated carbocycles. The zero-order chi connectivity index (χ0) is 14.0. The van der Waals surface area contributed by atoms with Gasteiger partial charge < -0.3 is 9.67 Å². The fraction of sp³-hybridized carbons (Fsp3) is 0.273. The van der Waals surface area contributed by atoms with Crippen LogP contribution in [0, 0.1) is 0 Å². The number of carboxylic acid groups (broad SMARTS) is 1. The topological polar surface area (TPSA) is 55.1 Å². The minimum atomic E-state index is -4.24. The first-order chi connectivity index (χ1) is 8.87. The first kappa shape index (κ1) is 13.7. The highest BCUT2D eigenvalue weighted by molar-refractivity contribution is 8.00. The van der Waals surface area contributed by atoms with E-state index in [1.807, 2.05) is 0 Å². The third kappa shape index (κ3) is 3.40. The van der Waals surface area contributed by atoms with Gasteiger partial charge in [-0.2, -0.15) is 13.2 Å². The van der Waals surface area contributed by atoms with Gasteiger partial charge in [-0.25, -0.2) is 9.78 Å². The minimum absolute atomic E-state index is 0.0943. The van der Waals surface area contributed by atoms with Crippen molar-refractivity contribution in [3.8, 4) is 0 Å². The van der Waals surface area contributed by atoms with Crippen molar-refractivity contribution >= 4 is 28.8 Å². The van der Waals surface area contributed by atoms with E-state index in [2.05, 4.69) is 4.98 Å². The summed E-state index contributed by atoms with van der Waals surface area (Å²) in [7, 11) is 0. The fourth-order valence-corrected chi connectivity index (χ4v) is 2.15. The normalized spacial score (nSPS) is 11.9. The largest absolute Gasteiger partial charge is 0.478 e. The van der Waals surface area contributed by atoms with Gasteiger partial charge in [-0.1, -0.05) is 0 Å². The standard InChI is InChI=1S/C11H9F3N2O2S/c12-11(13,14)19-4-3-16-6-15-8-5-7(10(17)18)1-2-9(8)16/h1-2,5-6H,3-4H2,(H,17,18). The van der Waals surface area contributed by atoms with Gasteiger partial charge >= 0.3 is 11.5 Å². The number of fused-ring (bicyclic) bond motifs is 1. The molecule has 4 nitrogen and oxygen atoms in total. The molecule has 2 aromatic rings. The molecule has 0 aliphatic heterocycles. The summed E-state index contributed by atoms with van der Waals surface area (Å²) in [6.45, 7) is 0.160. The molecular formula is C11H9F3N2O2S. The molecule has 0 bridgehead atoms. The molecule has 8 heteroatoms. The second kappa shape index (κ2) is 5.12. The maximum atomic E-state index is 12.0. The van der Waals surface area contributed by atoms with Gasteiger partial charge in [-0.15, -0.1) is 0 Å². The number of alkyl halides is 3. The highest BCUT2D eigenvalue weighted by atomic mass is 32.2. The number of halogens is 3. The maximum Gasteiger partial charge on any atom is 0.441 e. The number of aromatic nitrogens is 2. The minimum Gasteiger partial charge on any atom is -0.478 e. The fourth-order valence-electron chi connectivity index (χ4n) is 1.63. The molecule has 0 aliphatic carbocycles. The number of carbonyl (C=O) groups is 1. The van der Waals surface area contributed by atoms with Crippen LogP contribution in [-0.4, -0.2) is 31.9 Å². The van der Waals surface area contributed by atoms with Gasteiger partial charge in [0.1, 0.15) is 0 Å². The molecular weight excluding hydrogens is 281 g/mol. The third-order valence-corrected chi connectivity index (χ3v) is 3.18. The molecule has 0 fully saturated rings. The molecule has 0 amide bonds. The van der Waals surface area contributed by atoms with Gasteiger partial charge in [0.15, 0.2) is 0 Å². The Morgan fingerprint density at radius 3 is 2.79 bits per heavy atom. The summed E-state index contributed by atoms with van der Waals surface area (Å²) in [5, 5.41) is 8.82. The Labute approximate surface area is 110 Å². The average molecular weight is 290 g/mol. The van der Waals surface area contributed by atoms with Crippen molar-refractivity contribution in [2.24, 2.45) is 0 Å². The van der Waals surface area contributed by atoms with E-state index in [1.165, 1.54) is 18.5 Å². The summed E-state index contributed by atoms with van der Waals surface area (Å²) in [5.74, 6) is -1.18. The zero-order valence-electron chi connectivity index (χ0n) is 9.52. The number of hydrogen-bond acceptors (Lipinski definition) is 3. The number of imidazole rings is 1. The lowest BCUT2D eigenvalue weighted by Gasteiger charge is -2.06. The SMILES string of the molecule is O=C(O)c1ccc2c(c1)ncn2CCSC(F)(F)F. The van der Waals surface area contributed by atoms with Crippen LogP contribution in [0.2, 0.25) is 0 Å². The number of rotatable bonds is 4. The lowest BCUT2D eigenvalue weighted by molar-refractivity contribution is -0.0328. The number of nitrogens with zero attached hydrogens (tertiary/aromatic N) is 2. The van der Waals surface area contributed by atoms with E-state index in [1.54, 1.807) is 10.6 Å². The number of aromatic carboxylic acids is 1. The molecule has 19 heavy (non-hydrogen) atoms. The van der Waals surface area contributed by atoms with Gasteiger partial charge in [-0.05, 0) is 30.0 Å². The average Bonchev–Trinajstić information content (AvgIpc) is 2.70. The van der Waals surface area contributed by atoms with Crippen molar-refractivity contribution < 1.29 is 23.1 Å². The smallest absolute Gasteiger partial charge is 0.441 e. The maximum absolute atomic E-state index is 12.0. The Balaban J connectivity index is 2.15. The van der Waals surface area contributed by atoms with Crippen LogP contribution in [0.4, 0.5) is 13.2 Å². The molecule has 0 saturated heterocycles. The van der Waals surface area contributed by atoms with Crippen LogP contribution < -0.4 is 0 Å². The van der Waals surface area contributed by atoms with Crippen molar-refractivity contribution in [2.45, 2.75) is 12.1 Å². The van der Waals surface area contributed by atoms with E-state index >= 15 is 0 Å². The molecule has 0 radical (unpaired) electrons. The molecule has 0 aliphatic rings. The van der Waals surface area contributed by atoms with Gasteiger partial charge in [-0.3, -0.25) is 0 Å². The van der Waals surface area contributed by atoms with E-state index in [9.17, 15) is 18.0 Å². The lowest BCUT2D eigenvalue weighted by atomic mass is 10.2. The molecule has 1 heterocycles. The van der Waals surface area contributed by atoms with E-state index < -0.39 is 11.5 Å². The molecule has 2 rings (SSSR count). The summed E-state index contributed by atoms with van der Waals surface area (Å²) in [4.78, 5) is 14.8. The monoisotopic (exact) mass is 290 g/mol. The van der Waals surface area contributed by atoms with E-state index in [0.29, 0.717) is 11.0 Å². The van der Waals surface area contributed by atoms with E-state index in [-0.39, 0.29) is 29.6 Å². The predicted molar refractivity (Wildman–Crippen MR) is 65.2 cm³/mol. The summed E-state index contributed by atoms with van der Waals surface area (Å²) < 4.78 is 37.6. The Morgan fingerprint density at radius 1 is 1.42 bits per heavy atom. The van der Waals surface area contributed by atoms with E-state index in [4.69, 9.17) is 5.11 Å². The zero-order valence-corrected chi connectivity index (χ0v) is 10.3. The number of thioether (sulfide) groups is 1. The third-order valence-electron chi connectivity index (χ3n) is 2.47. The number of aryl methyl sites for hydroxylation is 1. The van der Waals surface area contributed by atoms with Crippen molar-refractivity contribution in [1.29, 1.82) is 0 Å². The number of hydrogen-bond donors (Lipinski definition) is 1. The first-order valence-corrected chi connectivity index (χ1v) is 6.24. The summed E-state index contributed by atoms with van der Waals surface area (Å²) in [6.07, 6.45) is 1.41. The second-order valence-corrected chi connectivity index (χ2v) is 4.90. The van der Waals surface area contributed by atoms with Crippen LogP contribution in [0.5, 0.6) is 0 Å². The van der Waals surface area contributed by atoms with Gasteiger partial charge in [0, 0.05) is 12.3 Å². The number of benzene rings is 1. The van der Waals surface area contributed by atoms with Gasteiger partial charge in [0.25, 0.3) is 0 Å². The van der Waals surface area contributed by atoms with Crippen LogP contribution in [-0.2, 0) is 6.54 Å². The highest BCUT2D eigenvalue weighted by Crippen LogP contribution is 2.30. The van der Waals surface area contributed by atoms with Crippen LogP contribution >= 0.6 is 11.8 Å². The van der Waals surface area contributed by atoms with Crippen molar-refractivity contribution in [3.05, 3.63) is 30.1 Å². The highest BCUT2D eigenvalue weighted by Gasteiger charge is 2.27. The van der Waals surface area contributed by atoms with Crippen LogP contribution in [0.15, 0.2) is 24.5 Å². The Morgan fingerprint density at radius 2 is 2.16 bits per heavy atom. The van der Waals surface area contributed by atoms with Crippen molar-refractivity contribution in [1.82, 2.24) is 9.55 Å². The van der Waals surface area contributed by atoms with Crippen LogP contribution in [0.25, 0.3) is 11.0 Å². The quantitative estimate of drug-likeness (QED) is 0.940. The van der Waals surface area contributed by atoms with Crippen LogP contribution in [0.1, 0.15) is 10.4 Å². The lowest BCUT2D eigenvalue weighted by Crippen LogP contribution is -2.06. The summed E-state index contributed by atoms with van der Waals surface area (Å²) in [5.41, 5.74) is -3.07. The molecule has 0 atom stereocenters. The van der Waals surface area contributed by atoms with E-state index in [0.717, 1.165) is 0 Å². The first-order valence-electron chi connectivity index (χ1n) is 5.26. The Bertz CT molecular complexity index is 609. The van der Waals surface area contributed by atoms with Crippen molar-refractivity contribution in [2.75, 3.05) is 5.75 Å². The molecule has 0 unspecified atom stereocenters. The predicted octanol–water partition coefficient (Wildman–Crippen LogP) is 2.99. The Hall–Kier alpha value is -1.70. The summed E-state index contributed by atoms with van der Waals surface area (Å²) >= 11 is -0.0943. The van der Waals surface area contributed by atoms with Gasteiger partial charge in [0.2, 0.25) is 0 Å². The Kier molecular flexibility index (Phi) is 3.70. The molecule has 1 aromatic carbocycles. The van der Waals surface area contributed by atoms with Crippen LogP contribution in [0.3, 0.4) is 0 Å². The summed E-state index contributed by atoms with van der Waals surface area (Å²) in [6, 6.07) is 4.34. The second-order valence-electron chi connectivity index (χ2n) is 3.74.